The summed E-state index contributed by atoms with van der Waals surface area (Å²) >= 11 is 1.68. The zero-order chi connectivity index (χ0) is 26.9. The third-order valence-corrected chi connectivity index (χ3v) is 7.18. The molecule has 1 heterocycles. The molecule has 0 bridgehead atoms. The number of amides is 3. The van der Waals surface area contributed by atoms with E-state index in [0.717, 1.165) is 21.7 Å². The van der Waals surface area contributed by atoms with E-state index in [1.807, 2.05) is 68.1 Å². The van der Waals surface area contributed by atoms with E-state index < -0.39 is 0 Å². The van der Waals surface area contributed by atoms with Crippen molar-refractivity contribution in [3.63, 3.8) is 0 Å². The summed E-state index contributed by atoms with van der Waals surface area (Å²) < 4.78 is 10.8. The first-order valence-electron chi connectivity index (χ1n) is 12.4. The Hall–Kier alpha value is -3.52. The number of nitrogens with zero attached hydrogens (tertiary/aromatic N) is 2. The molecule has 0 radical (unpaired) electrons. The molecule has 2 aromatic carbocycles. The molecule has 3 rings (SSSR count). The topological polar surface area (TPSA) is 71.1 Å². The number of thiophene rings is 1. The van der Waals surface area contributed by atoms with Gasteiger partial charge in [-0.2, -0.15) is 0 Å². The summed E-state index contributed by atoms with van der Waals surface area (Å²) in [4.78, 5) is 32.5. The van der Waals surface area contributed by atoms with Gasteiger partial charge < -0.3 is 24.6 Å². The minimum absolute atomic E-state index is 0.00826. The van der Waals surface area contributed by atoms with Crippen LogP contribution in [0.25, 0.3) is 0 Å². The Kier molecular flexibility index (Phi) is 9.97. The number of carbonyl (C=O) groups excluding carboxylic acids is 2. The van der Waals surface area contributed by atoms with Crippen LogP contribution in [0.1, 0.15) is 34.7 Å². The number of carbonyl (C=O) groups is 2. The first kappa shape index (κ1) is 28.1. The van der Waals surface area contributed by atoms with Gasteiger partial charge in [-0.15, -0.1) is 11.3 Å². The lowest BCUT2D eigenvalue weighted by atomic mass is 10.1. The van der Waals surface area contributed by atoms with Gasteiger partial charge in [0, 0.05) is 28.0 Å². The average molecular weight is 524 g/mol. The lowest BCUT2D eigenvalue weighted by Crippen LogP contribution is -2.47. The van der Waals surface area contributed by atoms with Crippen LogP contribution in [0.4, 0.5) is 10.5 Å². The van der Waals surface area contributed by atoms with Crippen LogP contribution in [0, 0.1) is 13.8 Å². The summed E-state index contributed by atoms with van der Waals surface area (Å²) in [5.41, 5.74) is 2.75. The summed E-state index contributed by atoms with van der Waals surface area (Å²) in [6.07, 6.45) is 0.646. The van der Waals surface area contributed by atoms with E-state index in [0.29, 0.717) is 31.0 Å². The van der Waals surface area contributed by atoms with Crippen molar-refractivity contribution in [2.24, 2.45) is 0 Å². The van der Waals surface area contributed by atoms with Crippen molar-refractivity contribution in [3.8, 4) is 11.5 Å². The second-order valence-electron chi connectivity index (χ2n) is 9.23. The lowest BCUT2D eigenvalue weighted by molar-refractivity contribution is -0.132. The standard InChI is InChI=1S/C29H37N3O4S/c1-20(2)32(29(34)30-25-10-8-7-9-21(25)3)19-28(33)31(18-24-13-11-22(4)37-24)16-15-23-12-14-26(35-5)27(17-23)36-6/h7-14,17,20H,15-16,18-19H2,1-6H3,(H,30,34). The number of ether oxygens (including phenoxy) is 2. The number of nitrogens with one attached hydrogen (secondary N) is 1. The second kappa shape index (κ2) is 13.1. The fourth-order valence-corrected chi connectivity index (χ4v) is 4.89. The summed E-state index contributed by atoms with van der Waals surface area (Å²) in [7, 11) is 3.22. The Balaban J connectivity index is 1.76. The van der Waals surface area contributed by atoms with Crippen LogP contribution in [0.5, 0.6) is 11.5 Å². The van der Waals surface area contributed by atoms with Crippen LogP contribution in [-0.4, -0.2) is 55.1 Å². The quantitative estimate of drug-likeness (QED) is 0.340. The number of hydrogen-bond acceptors (Lipinski definition) is 5. The Bertz CT molecular complexity index is 1210. The highest BCUT2D eigenvalue weighted by molar-refractivity contribution is 7.11. The van der Waals surface area contributed by atoms with Gasteiger partial charge in [0.1, 0.15) is 6.54 Å². The fraction of sp³-hybridized carbons (Fsp3) is 0.379. The number of urea groups is 1. The Morgan fingerprint density at radius 1 is 0.973 bits per heavy atom. The largest absolute Gasteiger partial charge is 0.493 e. The molecule has 0 unspecified atom stereocenters. The molecule has 0 saturated carbocycles. The van der Waals surface area contributed by atoms with E-state index >= 15 is 0 Å². The minimum atomic E-state index is -0.288. The SMILES string of the molecule is COc1ccc(CCN(Cc2ccc(C)s2)C(=O)CN(C(=O)Nc2ccccc2C)C(C)C)cc1OC. The molecule has 7 nitrogen and oxygen atoms in total. The molecule has 0 aliphatic rings. The van der Waals surface area contributed by atoms with Crippen molar-refractivity contribution in [1.82, 2.24) is 9.80 Å². The zero-order valence-corrected chi connectivity index (χ0v) is 23.4. The van der Waals surface area contributed by atoms with Gasteiger partial charge in [0.2, 0.25) is 5.91 Å². The maximum atomic E-state index is 13.6. The molecular formula is C29H37N3O4S. The summed E-state index contributed by atoms with van der Waals surface area (Å²) in [6.45, 7) is 8.83. The predicted molar refractivity (Wildman–Crippen MR) is 150 cm³/mol. The highest BCUT2D eigenvalue weighted by Gasteiger charge is 2.24. The Morgan fingerprint density at radius 2 is 1.70 bits per heavy atom. The number of rotatable bonds is 11. The molecule has 0 aliphatic carbocycles. The number of aryl methyl sites for hydroxylation is 2. The Labute approximate surface area is 224 Å². The van der Waals surface area contributed by atoms with E-state index in [-0.39, 0.29) is 24.5 Å². The lowest BCUT2D eigenvalue weighted by Gasteiger charge is -2.30. The molecule has 3 amide bonds. The molecule has 0 spiro atoms. The van der Waals surface area contributed by atoms with Crippen LogP contribution in [0.3, 0.4) is 0 Å². The predicted octanol–water partition coefficient (Wildman–Crippen LogP) is 5.90. The van der Waals surface area contributed by atoms with Gasteiger partial charge >= 0.3 is 6.03 Å². The van der Waals surface area contributed by atoms with Crippen molar-refractivity contribution < 1.29 is 19.1 Å². The van der Waals surface area contributed by atoms with Gasteiger partial charge in [0.25, 0.3) is 0 Å². The highest BCUT2D eigenvalue weighted by atomic mass is 32.1. The molecule has 0 fully saturated rings. The van der Waals surface area contributed by atoms with Crippen LogP contribution < -0.4 is 14.8 Å². The van der Waals surface area contributed by atoms with E-state index in [1.165, 1.54) is 4.88 Å². The minimum Gasteiger partial charge on any atom is -0.493 e. The van der Waals surface area contributed by atoms with Crippen LogP contribution in [0.2, 0.25) is 0 Å². The first-order chi connectivity index (χ1) is 17.7. The number of para-hydroxylation sites is 1. The number of anilines is 1. The van der Waals surface area contributed by atoms with Crippen molar-refractivity contribution in [1.29, 1.82) is 0 Å². The van der Waals surface area contributed by atoms with Gasteiger partial charge in [0.15, 0.2) is 11.5 Å². The zero-order valence-electron chi connectivity index (χ0n) is 22.5. The first-order valence-corrected chi connectivity index (χ1v) is 13.2. The van der Waals surface area contributed by atoms with Crippen molar-refractivity contribution in [2.45, 2.75) is 46.7 Å². The number of benzene rings is 2. The highest BCUT2D eigenvalue weighted by Crippen LogP contribution is 2.28. The molecule has 1 aromatic heterocycles. The van der Waals surface area contributed by atoms with Gasteiger partial charge in [-0.05, 0) is 75.6 Å². The van der Waals surface area contributed by atoms with Crippen LogP contribution in [0.15, 0.2) is 54.6 Å². The van der Waals surface area contributed by atoms with Crippen molar-refractivity contribution >= 4 is 29.0 Å². The number of methoxy groups -OCH3 is 2. The van der Waals surface area contributed by atoms with Crippen LogP contribution in [-0.2, 0) is 17.8 Å². The monoisotopic (exact) mass is 523 g/mol. The van der Waals surface area contributed by atoms with E-state index in [9.17, 15) is 9.59 Å². The number of hydrogen-bond donors (Lipinski definition) is 1. The maximum Gasteiger partial charge on any atom is 0.322 e. The molecule has 0 aliphatic heterocycles. The molecule has 3 aromatic rings. The van der Waals surface area contributed by atoms with Crippen molar-refractivity contribution in [2.75, 3.05) is 32.6 Å². The van der Waals surface area contributed by atoms with E-state index in [4.69, 9.17) is 9.47 Å². The summed E-state index contributed by atoms with van der Waals surface area (Å²) in [5, 5.41) is 2.96. The second-order valence-corrected chi connectivity index (χ2v) is 10.6. The molecule has 198 valence electrons. The molecule has 8 heteroatoms. The third kappa shape index (κ3) is 7.73. The van der Waals surface area contributed by atoms with E-state index in [1.54, 1.807) is 30.5 Å². The molecular weight excluding hydrogens is 486 g/mol. The van der Waals surface area contributed by atoms with Crippen LogP contribution >= 0.6 is 11.3 Å². The van der Waals surface area contributed by atoms with Gasteiger partial charge in [-0.1, -0.05) is 24.3 Å². The smallest absolute Gasteiger partial charge is 0.322 e. The Morgan fingerprint density at radius 3 is 2.32 bits per heavy atom. The normalized spacial score (nSPS) is 10.8. The molecule has 1 N–H and O–H groups in total. The average Bonchev–Trinajstić information content (AvgIpc) is 3.30. The maximum absolute atomic E-state index is 13.6. The van der Waals surface area contributed by atoms with Gasteiger partial charge in [0.05, 0.1) is 20.8 Å². The third-order valence-electron chi connectivity index (χ3n) is 6.19. The summed E-state index contributed by atoms with van der Waals surface area (Å²) in [5.74, 6) is 1.23. The summed E-state index contributed by atoms with van der Waals surface area (Å²) in [6, 6.07) is 17.1. The van der Waals surface area contributed by atoms with Gasteiger partial charge in [-0.25, -0.2) is 4.79 Å². The molecule has 0 atom stereocenters. The molecule has 37 heavy (non-hydrogen) atoms. The molecule has 0 saturated heterocycles. The van der Waals surface area contributed by atoms with Gasteiger partial charge in [-0.3, -0.25) is 4.79 Å². The van der Waals surface area contributed by atoms with Crippen molar-refractivity contribution in [3.05, 3.63) is 75.5 Å². The van der Waals surface area contributed by atoms with E-state index in [2.05, 4.69) is 24.4 Å². The fourth-order valence-electron chi connectivity index (χ4n) is 3.99.